The Morgan fingerprint density at radius 3 is 1.23 bits per heavy atom. The highest BCUT2D eigenvalue weighted by Gasteiger charge is 2.69. The van der Waals surface area contributed by atoms with Crippen molar-refractivity contribution in [3.63, 3.8) is 0 Å². The van der Waals surface area contributed by atoms with Gasteiger partial charge in [0, 0.05) is 66.5 Å². The van der Waals surface area contributed by atoms with Crippen molar-refractivity contribution in [1.82, 2.24) is 13.9 Å². The zero-order valence-corrected chi connectivity index (χ0v) is 37.4. The van der Waals surface area contributed by atoms with Crippen LogP contribution < -0.4 is 11.1 Å². The van der Waals surface area contributed by atoms with Gasteiger partial charge in [0.15, 0.2) is 0 Å². The minimum Gasteiger partial charge on any atom is -0.317 e. The highest BCUT2D eigenvalue weighted by molar-refractivity contribution is 8.13. The van der Waals surface area contributed by atoms with Crippen LogP contribution in [0.3, 0.4) is 0 Å². The third-order valence-corrected chi connectivity index (χ3v) is 13.0. The molecule has 330 valence electrons. The second-order valence-corrected chi connectivity index (χ2v) is 18.2. The molecule has 3 N–H and O–H groups in total. The van der Waals surface area contributed by atoms with E-state index in [1.165, 1.54) is 54.6 Å². The number of hydrogen-bond donors (Lipinski definition) is 2. The third kappa shape index (κ3) is 18.8. The number of alkyl halides is 6. The molecule has 0 amide bonds. The van der Waals surface area contributed by atoms with Gasteiger partial charge in [0.2, 0.25) is 25.6 Å². The van der Waals surface area contributed by atoms with Crippen LogP contribution in [-0.4, -0.2) is 115 Å². The quantitative estimate of drug-likeness (QED) is 0.139. The van der Waals surface area contributed by atoms with Crippen LogP contribution in [-0.2, 0) is 34.6 Å². The van der Waals surface area contributed by atoms with Gasteiger partial charge in [-0.1, -0.05) is 65.8 Å². The van der Waals surface area contributed by atoms with Crippen LogP contribution >= 0.6 is 10.7 Å². The molecule has 3 aromatic rings. The number of nitrogens with two attached hydrogens (primary N) is 1. The summed E-state index contributed by atoms with van der Waals surface area (Å²) in [5.41, 5.74) is -0.767. The van der Waals surface area contributed by atoms with E-state index in [-0.39, 0.29) is 28.4 Å². The summed E-state index contributed by atoms with van der Waals surface area (Å²) in [5, 5.41) is 20.3. The van der Waals surface area contributed by atoms with E-state index < -0.39 is 63.8 Å². The Hall–Kier alpha value is -3.54. The Morgan fingerprint density at radius 1 is 0.639 bits per heavy atom. The van der Waals surface area contributed by atoms with Crippen LogP contribution in [0.25, 0.3) is 0 Å². The molecule has 0 saturated heterocycles. The summed E-state index contributed by atoms with van der Waals surface area (Å²) in [6, 6.07) is 17.9. The standard InChI is InChI=1S/C13H16F6N2O2S.C11H14N2O2S.C7H4ClNO2S.C4H11N.B4/c1-3-21(4-2)24(22,23)10-7-5-6-9(8-10)11(20,12(14,15)16)13(17,18)19;1-3-13(4-2)16(14,15)11-7-5-6-10(8-11)9-12;8-12(10,11)7-3-1-2-6(4-7)5-9;1-3-5-4-2;1-4(2)3/h5-8H,3-4,20H2,1-2H3;5-8H,3-4H2,1-2H3;1-4H;5H,3-4H2,1-2H3;. The number of benzene rings is 3. The van der Waals surface area contributed by atoms with E-state index in [1.54, 1.807) is 26.0 Å². The van der Waals surface area contributed by atoms with Gasteiger partial charge in [-0.05, 0) is 67.2 Å². The Balaban J connectivity index is 0. The molecule has 0 fully saturated rings. The van der Waals surface area contributed by atoms with Gasteiger partial charge in [0.25, 0.3) is 9.05 Å². The summed E-state index contributed by atoms with van der Waals surface area (Å²) in [7, 11) is 7.65. The Bertz CT molecular complexity index is 2210. The molecule has 61 heavy (non-hydrogen) atoms. The zero-order chi connectivity index (χ0) is 48.0. The summed E-state index contributed by atoms with van der Waals surface area (Å²) in [4.78, 5) is -0.564. The SMILES string of the molecule is CCN(CC)S(=O)(=O)c1cccc(C#N)c1.CCN(CC)S(=O)(=O)c1cccc(C(N)(C(F)(F)F)C(F)(F)F)c1.CCNCC.N#Cc1cccc(S(=O)(=O)Cl)c1.[B]B([B])[B]. The fraction of sp³-hybridized carbons (Fsp3) is 0.429. The van der Waals surface area contributed by atoms with Crippen molar-refractivity contribution in [2.24, 2.45) is 5.73 Å². The third-order valence-electron chi connectivity index (χ3n) is 7.58. The first-order valence-corrected chi connectivity index (χ1v) is 23.1. The number of nitrogens with zero attached hydrogens (tertiary/aromatic N) is 4. The molecule has 3 rings (SSSR count). The Morgan fingerprint density at radius 2 is 0.951 bits per heavy atom. The molecular weight excluding hydrogens is 889 g/mol. The number of sulfonamides is 2. The second-order valence-electron chi connectivity index (χ2n) is 11.8. The number of nitriles is 2. The molecule has 6 radical (unpaired) electrons. The van der Waals surface area contributed by atoms with Gasteiger partial charge in [-0.3, -0.25) is 0 Å². The minimum atomic E-state index is -5.86. The van der Waals surface area contributed by atoms with Gasteiger partial charge >= 0.3 is 12.4 Å². The number of nitrogens with one attached hydrogen (secondary N) is 1. The number of hydrogen-bond acceptors (Lipinski definition) is 10. The van der Waals surface area contributed by atoms with Gasteiger partial charge in [-0.15, -0.1) is 0 Å². The molecule has 0 bridgehead atoms. The van der Waals surface area contributed by atoms with Gasteiger partial charge in [0.05, 0.1) is 38.0 Å². The molecule has 3 aromatic carbocycles. The first-order valence-electron chi connectivity index (χ1n) is 17.9. The fourth-order valence-electron chi connectivity index (χ4n) is 4.51. The largest absolute Gasteiger partial charge is 0.419 e. The van der Waals surface area contributed by atoms with E-state index in [2.05, 4.69) is 48.1 Å². The van der Waals surface area contributed by atoms with Crippen molar-refractivity contribution in [2.45, 2.75) is 74.1 Å². The van der Waals surface area contributed by atoms with Gasteiger partial charge in [0.1, 0.15) is 0 Å². The molecule has 0 heterocycles. The lowest BCUT2D eigenvalue weighted by Crippen LogP contribution is -2.60. The van der Waals surface area contributed by atoms with E-state index in [9.17, 15) is 51.6 Å². The second kappa shape index (κ2) is 26.8. The maximum Gasteiger partial charge on any atom is 0.419 e. The van der Waals surface area contributed by atoms with Crippen LogP contribution in [0.4, 0.5) is 26.3 Å². The predicted molar refractivity (Wildman–Crippen MR) is 227 cm³/mol. The molecule has 0 aliphatic heterocycles. The smallest absolute Gasteiger partial charge is 0.317 e. The average Bonchev–Trinajstić information content (AvgIpc) is 3.18. The molecule has 0 spiro atoms. The molecule has 0 aromatic heterocycles. The number of rotatable bonds is 12. The molecule has 26 heteroatoms. The lowest BCUT2D eigenvalue weighted by molar-refractivity contribution is -0.302. The molecular formula is C35H45B4ClF6N6O6S3. The maximum absolute atomic E-state index is 13.0. The minimum absolute atomic E-state index is 0.00930. The predicted octanol–water partition coefficient (Wildman–Crippen LogP) is 5.16. The Labute approximate surface area is 364 Å². The van der Waals surface area contributed by atoms with Crippen LogP contribution in [0.1, 0.15) is 58.2 Å². The van der Waals surface area contributed by atoms with Crippen LogP contribution in [0.5, 0.6) is 0 Å². The van der Waals surface area contributed by atoms with Crippen LogP contribution in [0, 0.1) is 22.7 Å². The van der Waals surface area contributed by atoms with Crippen LogP contribution in [0.2, 0.25) is 0 Å². The van der Waals surface area contributed by atoms with Crippen molar-refractivity contribution in [3.8, 4) is 12.1 Å². The molecule has 0 unspecified atom stereocenters. The number of halogens is 7. The molecule has 0 aliphatic carbocycles. The summed E-state index contributed by atoms with van der Waals surface area (Å²) < 4.78 is 151. The van der Waals surface area contributed by atoms with Gasteiger partial charge in [-0.2, -0.15) is 45.5 Å². The van der Waals surface area contributed by atoms with Crippen molar-refractivity contribution in [1.29, 1.82) is 10.5 Å². The van der Waals surface area contributed by atoms with E-state index in [0.29, 0.717) is 30.8 Å². The monoisotopic (exact) mass is 934 g/mol. The highest BCUT2D eigenvalue weighted by Crippen LogP contribution is 2.48. The van der Waals surface area contributed by atoms with E-state index in [0.717, 1.165) is 29.5 Å². The summed E-state index contributed by atoms with van der Waals surface area (Å²) >= 11 is 0. The van der Waals surface area contributed by atoms with Gasteiger partial charge in [-0.25, -0.2) is 25.3 Å². The van der Waals surface area contributed by atoms with Crippen LogP contribution in [0.15, 0.2) is 87.5 Å². The van der Waals surface area contributed by atoms with Crippen molar-refractivity contribution in [3.05, 3.63) is 89.5 Å². The lowest BCUT2D eigenvalue weighted by atomic mass is 9.08. The van der Waals surface area contributed by atoms with Crippen molar-refractivity contribution >= 4 is 69.4 Å². The van der Waals surface area contributed by atoms with E-state index in [1.807, 2.05) is 12.1 Å². The molecule has 0 saturated carbocycles. The van der Waals surface area contributed by atoms with E-state index >= 15 is 0 Å². The highest BCUT2D eigenvalue weighted by atomic mass is 35.7. The summed E-state index contributed by atoms with van der Waals surface area (Å²) in [6.45, 7) is 13.8. The van der Waals surface area contributed by atoms with E-state index in [4.69, 9.17) is 21.2 Å². The van der Waals surface area contributed by atoms with Crippen molar-refractivity contribution in [2.75, 3.05) is 39.3 Å². The Kier molecular flexibility index (Phi) is 26.2. The first-order chi connectivity index (χ1) is 28.0. The summed E-state index contributed by atoms with van der Waals surface area (Å²) in [5.74, 6) is 0. The average molecular weight is 935 g/mol. The topological polar surface area (TPSA) is 195 Å². The van der Waals surface area contributed by atoms with Crippen molar-refractivity contribution < 1.29 is 51.6 Å². The zero-order valence-electron chi connectivity index (χ0n) is 34.2. The lowest BCUT2D eigenvalue weighted by Gasteiger charge is -2.34. The molecule has 12 nitrogen and oxygen atoms in total. The molecule has 0 aliphatic rings. The normalized spacial score (nSPS) is 11.8. The molecule has 0 atom stereocenters. The first kappa shape index (κ1) is 59.6. The van der Waals surface area contributed by atoms with Gasteiger partial charge < -0.3 is 11.1 Å². The fourth-order valence-corrected chi connectivity index (χ4v) is 8.31. The summed E-state index contributed by atoms with van der Waals surface area (Å²) in [6.07, 6.45) is -12.4. The maximum atomic E-state index is 13.0.